The molecule has 2 aliphatic rings. The Balaban J connectivity index is 1.94. The van der Waals surface area contributed by atoms with E-state index in [4.69, 9.17) is 0 Å². The number of benzene rings is 1. The number of carbonyl (C=O) groups is 1. The van der Waals surface area contributed by atoms with Crippen LogP contribution in [0.1, 0.15) is 50.7 Å². The molecule has 1 aliphatic heterocycles. The quantitative estimate of drug-likeness (QED) is 0.842. The van der Waals surface area contributed by atoms with E-state index in [9.17, 15) is 9.90 Å². The van der Waals surface area contributed by atoms with E-state index in [1.54, 1.807) is 0 Å². The minimum Gasteiger partial charge on any atom is -0.388 e. The van der Waals surface area contributed by atoms with E-state index in [0.717, 1.165) is 36.9 Å². The summed E-state index contributed by atoms with van der Waals surface area (Å²) < 4.78 is 0. The fourth-order valence-electron chi connectivity index (χ4n) is 3.45. The average molecular weight is 259 g/mol. The van der Waals surface area contributed by atoms with Gasteiger partial charge in [0.05, 0.1) is 6.10 Å². The van der Waals surface area contributed by atoms with Crippen molar-refractivity contribution in [1.82, 2.24) is 0 Å². The van der Waals surface area contributed by atoms with Crippen molar-refractivity contribution in [3.05, 3.63) is 29.8 Å². The summed E-state index contributed by atoms with van der Waals surface area (Å²) in [6, 6.07) is 7.74. The second-order valence-electron chi connectivity index (χ2n) is 6.09. The molecule has 0 saturated heterocycles. The van der Waals surface area contributed by atoms with Crippen LogP contribution in [0.3, 0.4) is 0 Å². The number of para-hydroxylation sites is 1. The summed E-state index contributed by atoms with van der Waals surface area (Å²) in [5.74, 6) is 0.240. The van der Waals surface area contributed by atoms with Gasteiger partial charge in [0.2, 0.25) is 5.91 Å². The maximum Gasteiger partial charge on any atom is 0.232 e. The van der Waals surface area contributed by atoms with Gasteiger partial charge in [-0.2, -0.15) is 0 Å². The van der Waals surface area contributed by atoms with Gasteiger partial charge in [-0.15, -0.1) is 0 Å². The molecule has 0 spiro atoms. The van der Waals surface area contributed by atoms with Crippen LogP contribution >= 0.6 is 0 Å². The fourth-order valence-corrected chi connectivity index (χ4v) is 3.45. The van der Waals surface area contributed by atoms with E-state index in [1.165, 1.54) is 0 Å². The van der Waals surface area contributed by atoms with Crippen molar-refractivity contribution in [2.75, 3.05) is 11.4 Å². The molecule has 1 aliphatic carbocycles. The number of hydrogen-bond donors (Lipinski definition) is 1. The minimum atomic E-state index is -0.434. The summed E-state index contributed by atoms with van der Waals surface area (Å²) in [5.41, 5.74) is 1.60. The van der Waals surface area contributed by atoms with E-state index in [0.29, 0.717) is 13.0 Å². The average Bonchev–Trinajstić information content (AvgIpc) is 2.87. The molecule has 1 N–H and O–H groups in total. The van der Waals surface area contributed by atoms with Crippen LogP contribution in [-0.2, 0) is 4.79 Å². The summed E-state index contributed by atoms with van der Waals surface area (Å²) in [5, 5.41) is 10.1. The van der Waals surface area contributed by atoms with Crippen molar-refractivity contribution >= 4 is 11.6 Å². The molecule has 0 bridgehead atoms. The molecule has 1 saturated carbocycles. The van der Waals surface area contributed by atoms with Crippen LogP contribution < -0.4 is 4.90 Å². The normalized spacial score (nSPS) is 25.2. The Kier molecular flexibility index (Phi) is 3.09. The lowest BCUT2D eigenvalue weighted by atomic mass is 9.85. The van der Waals surface area contributed by atoms with Gasteiger partial charge < -0.3 is 10.0 Å². The molecule has 1 fully saturated rings. The van der Waals surface area contributed by atoms with Gasteiger partial charge in [0.15, 0.2) is 0 Å². The Morgan fingerprint density at radius 1 is 1.32 bits per heavy atom. The maximum atomic E-state index is 12.8. The molecule has 3 nitrogen and oxygen atoms in total. The Morgan fingerprint density at radius 2 is 2.00 bits per heavy atom. The predicted molar refractivity (Wildman–Crippen MR) is 74.9 cm³/mol. The third-order valence-electron chi connectivity index (χ3n) is 4.68. The summed E-state index contributed by atoms with van der Waals surface area (Å²) in [7, 11) is 0. The number of fused-ring (bicyclic) bond motifs is 1. The van der Waals surface area contributed by atoms with Gasteiger partial charge in [0, 0.05) is 23.2 Å². The number of nitrogens with zero attached hydrogens (tertiary/aromatic N) is 1. The molecular weight excluding hydrogens is 238 g/mol. The van der Waals surface area contributed by atoms with Crippen molar-refractivity contribution in [2.24, 2.45) is 5.41 Å². The Hall–Kier alpha value is -1.35. The van der Waals surface area contributed by atoms with E-state index >= 15 is 0 Å². The molecule has 19 heavy (non-hydrogen) atoms. The second-order valence-corrected chi connectivity index (χ2v) is 6.09. The van der Waals surface area contributed by atoms with Crippen LogP contribution in [0.5, 0.6) is 0 Å². The first-order chi connectivity index (χ1) is 9.12. The van der Waals surface area contributed by atoms with Gasteiger partial charge in [0.25, 0.3) is 0 Å². The van der Waals surface area contributed by atoms with Gasteiger partial charge in [-0.3, -0.25) is 4.79 Å². The third kappa shape index (κ3) is 2.06. The highest BCUT2D eigenvalue weighted by Crippen LogP contribution is 2.42. The molecule has 3 heteroatoms. The highest BCUT2D eigenvalue weighted by molar-refractivity contribution is 5.98. The van der Waals surface area contributed by atoms with Crippen LogP contribution in [0.15, 0.2) is 24.3 Å². The third-order valence-corrected chi connectivity index (χ3v) is 4.68. The first-order valence-electron chi connectivity index (χ1n) is 7.21. The van der Waals surface area contributed by atoms with Crippen molar-refractivity contribution in [2.45, 2.75) is 45.1 Å². The van der Waals surface area contributed by atoms with Crippen molar-refractivity contribution in [1.29, 1.82) is 0 Å². The lowest BCUT2D eigenvalue weighted by molar-refractivity contribution is -0.127. The van der Waals surface area contributed by atoms with Crippen molar-refractivity contribution < 1.29 is 9.90 Å². The molecule has 1 unspecified atom stereocenters. The van der Waals surface area contributed by atoms with E-state index < -0.39 is 6.10 Å². The molecule has 1 heterocycles. The summed E-state index contributed by atoms with van der Waals surface area (Å²) in [6.45, 7) is 2.72. The van der Waals surface area contributed by atoms with Crippen LogP contribution in [0.4, 0.5) is 5.69 Å². The first-order valence-corrected chi connectivity index (χ1v) is 7.21. The van der Waals surface area contributed by atoms with E-state index in [1.807, 2.05) is 29.2 Å². The molecule has 1 aromatic carbocycles. The molecule has 0 radical (unpaired) electrons. The number of hydrogen-bond acceptors (Lipinski definition) is 2. The number of aliphatic hydroxyl groups excluding tert-OH is 1. The van der Waals surface area contributed by atoms with Gasteiger partial charge in [0.1, 0.15) is 0 Å². The van der Waals surface area contributed by atoms with E-state index in [2.05, 4.69) is 6.92 Å². The van der Waals surface area contributed by atoms with Gasteiger partial charge in [-0.25, -0.2) is 0 Å². The fraction of sp³-hybridized carbons (Fsp3) is 0.562. The van der Waals surface area contributed by atoms with Gasteiger partial charge in [-0.1, -0.05) is 38.0 Å². The topological polar surface area (TPSA) is 40.5 Å². The largest absolute Gasteiger partial charge is 0.388 e. The number of aliphatic hydroxyl groups is 1. The minimum absolute atomic E-state index is 0.199. The number of amides is 1. The molecule has 1 aromatic rings. The van der Waals surface area contributed by atoms with Crippen LogP contribution in [0.25, 0.3) is 0 Å². The summed E-state index contributed by atoms with van der Waals surface area (Å²) in [4.78, 5) is 14.7. The highest BCUT2D eigenvalue weighted by Gasteiger charge is 2.41. The molecule has 102 valence electrons. The van der Waals surface area contributed by atoms with Gasteiger partial charge >= 0.3 is 0 Å². The zero-order valence-electron chi connectivity index (χ0n) is 11.4. The summed E-state index contributed by atoms with van der Waals surface area (Å²) >= 11 is 0. The second kappa shape index (κ2) is 4.64. The Morgan fingerprint density at radius 3 is 2.74 bits per heavy atom. The van der Waals surface area contributed by atoms with Crippen LogP contribution in [-0.4, -0.2) is 17.6 Å². The maximum absolute atomic E-state index is 12.8. The molecule has 0 aromatic heterocycles. The molecular formula is C16H21NO2. The summed E-state index contributed by atoms with van der Waals surface area (Å²) in [6.07, 6.45) is 4.50. The lowest BCUT2D eigenvalue weighted by Crippen LogP contribution is -2.44. The number of rotatable bonds is 1. The van der Waals surface area contributed by atoms with Crippen LogP contribution in [0, 0.1) is 5.41 Å². The number of carbonyl (C=O) groups excluding carboxylic acids is 1. The van der Waals surface area contributed by atoms with Crippen molar-refractivity contribution in [3.63, 3.8) is 0 Å². The van der Waals surface area contributed by atoms with Gasteiger partial charge in [-0.05, 0) is 25.3 Å². The zero-order chi connectivity index (χ0) is 13.5. The number of anilines is 1. The highest BCUT2D eigenvalue weighted by atomic mass is 16.3. The van der Waals surface area contributed by atoms with E-state index in [-0.39, 0.29) is 11.3 Å². The SMILES string of the molecule is CC1(C(=O)N2CCC(O)c3ccccc32)CCCC1. The standard InChI is InChI=1S/C16H21NO2/c1-16(9-4-5-10-16)15(19)17-11-8-14(18)12-6-2-3-7-13(12)17/h2-3,6-7,14,18H,4-5,8-11H2,1H3. The van der Waals surface area contributed by atoms with Crippen LogP contribution in [0.2, 0.25) is 0 Å². The zero-order valence-corrected chi connectivity index (χ0v) is 11.4. The monoisotopic (exact) mass is 259 g/mol. The first kappa shape index (κ1) is 12.7. The molecule has 1 amide bonds. The molecule has 1 atom stereocenters. The predicted octanol–water partition coefficient (Wildman–Crippen LogP) is 3.04. The smallest absolute Gasteiger partial charge is 0.232 e. The Labute approximate surface area is 114 Å². The van der Waals surface area contributed by atoms with Crippen molar-refractivity contribution in [3.8, 4) is 0 Å². The lowest BCUT2D eigenvalue weighted by Gasteiger charge is -2.37. The molecule has 3 rings (SSSR count). The Bertz CT molecular complexity index is 491.